The topological polar surface area (TPSA) is 43.8 Å². The van der Waals surface area contributed by atoms with E-state index >= 15 is 0 Å². The van der Waals surface area contributed by atoms with Crippen LogP contribution in [0.4, 0.5) is 5.82 Å². The van der Waals surface area contributed by atoms with Gasteiger partial charge in [0, 0.05) is 18.2 Å². The molecular weight excluding hydrogens is 174 g/mol. The maximum Gasteiger partial charge on any atom is 0.141 e. The smallest absolute Gasteiger partial charge is 0.141 e. The SMILES string of the molecule is CC(C)c1nc(N)cn1C1CCCC1. The highest BCUT2D eigenvalue weighted by atomic mass is 15.1. The van der Waals surface area contributed by atoms with Gasteiger partial charge in [0.2, 0.25) is 0 Å². The van der Waals surface area contributed by atoms with Crippen molar-refractivity contribution in [2.45, 2.75) is 51.5 Å². The van der Waals surface area contributed by atoms with Crippen molar-refractivity contribution >= 4 is 5.82 Å². The lowest BCUT2D eigenvalue weighted by atomic mass is 10.2. The standard InChI is InChI=1S/C11H19N3/c1-8(2)11-13-10(12)7-14(11)9-5-3-4-6-9/h7-9H,3-6,12H2,1-2H3. The molecule has 2 N–H and O–H groups in total. The summed E-state index contributed by atoms with van der Waals surface area (Å²) in [4.78, 5) is 4.40. The van der Waals surface area contributed by atoms with E-state index in [1.807, 2.05) is 6.20 Å². The Morgan fingerprint density at radius 2 is 2.07 bits per heavy atom. The van der Waals surface area contributed by atoms with E-state index in [2.05, 4.69) is 23.4 Å². The average molecular weight is 193 g/mol. The van der Waals surface area contributed by atoms with Gasteiger partial charge in [-0.05, 0) is 12.8 Å². The van der Waals surface area contributed by atoms with E-state index < -0.39 is 0 Å². The van der Waals surface area contributed by atoms with Crippen LogP contribution in [-0.4, -0.2) is 9.55 Å². The molecule has 0 radical (unpaired) electrons. The molecule has 3 nitrogen and oxygen atoms in total. The van der Waals surface area contributed by atoms with Crippen LogP contribution in [0, 0.1) is 0 Å². The maximum atomic E-state index is 5.75. The second kappa shape index (κ2) is 3.64. The van der Waals surface area contributed by atoms with E-state index in [9.17, 15) is 0 Å². The molecular formula is C11H19N3. The fraction of sp³-hybridized carbons (Fsp3) is 0.727. The average Bonchev–Trinajstić information content (AvgIpc) is 2.70. The first-order chi connectivity index (χ1) is 6.68. The van der Waals surface area contributed by atoms with Gasteiger partial charge in [-0.2, -0.15) is 0 Å². The zero-order valence-electron chi connectivity index (χ0n) is 9.03. The highest BCUT2D eigenvalue weighted by Gasteiger charge is 2.21. The van der Waals surface area contributed by atoms with E-state index in [0.29, 0.717) is 17.8 Å². The molecule has 1 saturated carbocycles. The molecule has 0 bridgehead atoms. The molecule has 1 aromatic heterocycles. The lowest BCUT2D eigenvalue weighted by Crippen LogP contribution is -2.09. The zero-order chi connectivity index (χ0) is 10.1. The number of rotatable bonds is 2. The van der Waals surface area contributed by atoms with Crippen molar-refractivity contribution in [3.8, 4) is 0 Å². The second-order valence-electron chi connectivity index (χ2n) is 4.52. The second-order valence-corrected chi connectivity index (χ2v) is 4.52. The molecule has 78 valence electrons. The van der Waals surface area contributed by atoms with E-state index in [-0.39, 0.29) is 0 Å². The summed E-state index contributed by atoms with van der Waals surface area (Å²) in [6.07, 6.45) is 7.27. The number of imidazole rings is 1. The Balaban J connectivity index is 2.30. The Bertz CT molecular complexity index is 308. The molecule has 0 spiro atoms. The first-order valence-electron chi connectivity index (χ1n) is 5.52. The predicted molar refractivity (Wildman–Crippen MR) is 58.2 cm³/mol. The Labute approximate surface area is 85.3 Å². The summed E-state index contributed by atoms with van der Waals surface area (Å²) in [6, 6.07) is 0.650. The molecule has 14 heavy (non-hydrogen) atoms. The number of hydrogen-bond acceptors (Lipinski definition) is 2. The minimum absolute atomic E-state index is 0.466. The number of aromatic nitrogens is 2. The molecule has 0 amide bonds. The summed E-state index contributed by atoms with van der Waals surface area (Å²) in [7, 11) is 0. The van der Waals surface area contributed by atoms with Crippen molar-refractivity contribution in [1.82, 2.24) is 9.55 Å². The lowest BCUT2D eigenvalue weighted by Gasteiger charge is -2.16. The van der Waals surface area contributed by atoms with Gasteiger partial charge in [0.05, 0.1) is 0 Å². The van der Waals surface area contributed by atoms with Crippen LogP contribution >= 0.6 is 0 Å². The molecule has 0 unspecified atom stereocenters. The first-order valence-corrected chi connectivity index (χ1v) is 5.52. The Morgan fingerprint density at radius 1 is 1.43 bits per heavy atom. The highest BCUT2D eigenvalue weighted by Crippen LogP contribution is 2.32. The summed E-state index contributed by atoms with van der Waals surface area (Å²) in [6.45, 7) is 4.35. The highest BCUT2D eigenvalue weighted by molar-refractivity contribution is 5.27. The summed E-state index contributed by atoms with van der Waals surface area (Å²) < 4.78 is 2.30. The third kappa shape index (κ3) is 1.63. The number of anilines is 1. The van der Waals surface area contributed by atoms with Gasteiger partial charge >= 0.3 is 0 Å². The fourth-order valence-corrected chi connectivity index (χ4v) is 2.33. The van der Waals surface area contributed by atoms with Gasteiger partial charge in [-0.3, -0.25) is 0 Å². The third-order valence-corrected chi connectivity index (χ3v) is 3.01. The van der Waals surface area contributed by atoms with Crippen molar-refractivity contribution in [2.75, 3.05) is 5.73 Å². The minimum Gasteiger partial charge on any atom is -0.382 e. The number of nitrogens with two attached hydrogens (primary N) is 1. The maximum absolute atomic E-state index is 5.75. The van der Waals surface area contributed by atoms with Crippen LogP contribution in [0.3, 0.4) is 0 Å². The van der Waals surface area contributed by atoms with Crippen LogP contribution in [0.5, 0.6) is 0 Å². The van der Waals surface area contributed by atoms with Crippen molar-refractivity contribution in [3.63, 3.8) is 0 Å². The monoisotopic (exact) mass is 193 g/mol. The van der Waals surface area contributed by atoms with Gasteiger partial charge in [-0.25, -0.2) is 4.98 Å². The van der Waals surface area contributed by atoms with E-state index in [1.54, 1.807) is 0 Å². The molecule has 0 aliphatic heterocycles. The van der Waals surface area contributed by atoms with E-state index in [0.717, 1.165) is 5.82 Å². The Hall–Kier alpha value is -0.990. The summed E-state index contributed by atoms with van der Waals surface area (Å²) in [5, 5.41) is 0. The van der Waals surface area contributed by atoms with Crippen LogP contribution in [0.15, 0.2) is 6.20 Å². The van der Waals surface area contributed by atoms with Crippen LogP contribution in [0.2, 0.25) is 0 Å². The third-order valence-electron chi connectivity index (χ3n) is 3.01. The lowest BCUT2D eigenvalue weighted by molar-refractivity contribution is 0.486. The van der Waals surface area contributed by atoms with Gasteiger partial charge in [0.25, 0.3) is 0 Å². The molecule has 3 heteroatoms. The molecule has 1 aliphatic rings. The molecule has 0 saturated heterocycles. The molecule has 1 fully saturated rings. The fourth-order valence-electron chi connectivity index (χ4n) is 2.33. The van der Waals surface area contributed by atoms with Crippen molar-refractivity contribution in [3.05, 3.63) is 12.0 Å². The predicted octanol–water partition coefficient (Wildman–Crippen LogP) is 2.70. The van der Waals surface area contributed by atoms with Gasteiger partial charge < -0.3 is 10.3 Å². The van der Waals surface area contributed by atoms with Gasteiger partial charge in [-0.15, -0.1) is 0 Å². The zero-order valence-corrected chi connectivity index (χ0v) is 9.03. The molecule has 1 aromatic rings. The Morgan fingerprint density at radius 3 is 2.64 bits per heavy atom. The van der Waals surface area contributed by atoms with Crippen LogP contribution in [0.25, 0.3) is 0 Å². The van der Waals surface area contributed by atoms with Crippen LogP contribution in [0.1, 0.15) is 57.3 Å². The van der Waals surface area contributed by atoms with Crippen LogP contribution in [-0.2, 0) is 0 Å². The van der Waals surface area contributed by atoms with Crippen molar-refractivity contribution in [2.24, 2.45) is 0 Å². The number of nitrogen functional groups attached to an aromatic ring is 1. The van der Waals surface area contributed by atoms with Gasteiger partial charge in [0.1, 0.15) is 11.6 Å². The van der Waals surface area contributed by atoms with E-state index in [1.165, 1.54) is 25.7 Å². The van der Waals surface area contributed by atoms with E-state index in [4.69, 9.17) is 5.73 Å². The van der Waals surface area contributed by atoms with Crippen LogP contribution < -0.4 is 5.73 Å². The normalized spacial score (nSPS) is 18.2. The summed E-state index contributed by atoms with van der Waals surface area (Å²) in [5.41, 5.74) is 5.75. The first kappa shape index (κ1) is 9.56. The molecule has 1 aliphatic carbocycles. The Kier molecular flexibility index (Phi) is 2.48. The molecule has 2 rings (SSSR count). The molecule has 0 atom stereocenters. The summed E-state index contributed by atoms with van der Waals surface area (Å²) in [5.74, 6) is 2.28. The van der Waals surface area contributed by atoms with Gasteiger partial charge in [-0.1, -0.05) is 26.7 Å². The largest absolute Gasteiger partial charge is 0.382 e. The van der Waals surface area contributed by atoms with Crippen molar-refractivity contribution in [1.29, 1.82) is 0 Å². The molecule has 1 heterocycles. The van der Waals surface area contributed by atoms with Gasteiger partial charge in [0.15, 0.2) is 0 Å². The number of nitrogens with zero attached hydrogens (tertiary/aromatic N) is 2. The van der Waals surface area contributed by atoms with Crippen molar-refractivity contribution < 1.29 is 0 Å². The quantitative estimate of drug-likeness (QED) is 0.784. The minimum atomic E-state index is 0.466. The molecule has 0 aromatic carbocycles. The summed E-state index contributed by atoms with van der Waals surface area (Å²) >= 11 is 0. The number of hydrogen-bond donors (Lipinski definition) is 1.